The molecule has 1 amide bonds. The molecule has 1 aromatic heterocycles. The summed E-state index contributed by atoms with van der Waals surface area (Å²) in [6, 6.07) is 3.24. The highest BCUT2D eigenvalue weighted by atomic mass is 16.4. The maximum Gasteiger partial charge on any atom is 0.303 e. The number of aromatic nitrogens is 1. The van der Waals surface area contributed by atoms with Crippen LogP contribution in [-0.4, -0.2) is 28.0 Å². The smallest absolute Gasteiger partial charge is 0.303 e. The lowest BCUT2D eigenvalue weighted by atomic mass is 10.1. The van der Waals surface area contributed by atoms with E-state index in [1.54, 1.807) is 24.5 Å². The quantitative estimate of drug-likeness (QED) is 0.783. The number of carboxylic acids is 1. The van der Waals surface area contributed by atoms with Gasteiger partial charge in [0.25, 0.3) is 5.91 Å². The van der Waals surface area contributed by atoms with Gasteiger partial charge >= 0.3 is 5.97 Å². The van der Waals surface area contributed by atoms with E-state index in [-0.39, 0.29) is 18.4 Å². The monoisotopic (exact) mass is 236 g/mol. The molecular weight excluding hydrogens is 220 g/mol. The Balaban J connectivity index is 2.34. The maximum atomic E-state index is 11.7. The van der Waals surface area contributed by atoms with Crippen LogP contribution in [-0.2, 0) is 4.79 Å². The summed E-state index contributed by atoms with van der Waals surface area (Å²) in [5.74, 6) is -0.965. The first kappa shape index (κ1) is 13.2. The summed E-state index contributed by atoms with van der Waals surface area (Å²) < 4.78 is 0. The van der Waals surface area contributed by atoms with E-state index in [9.17, 15) is 9.59 Å². The molecule has 1 heterocycles. The summed E-state index contributed by atoms with van der Waals surface area (Å²) in [5.41, 5.74) is 0.560. The van der Waals surface area contributed by atoms with Crippen molar-refractivity contribution in [3.05, 3.63) is 30.1 Å². The molecule has 0 saturated heterocycles. The number of amides is 1. The number of carbonyl (C=O) groups is 2. The average Bonchev–Trinajstić information content (AvgIpc) is 2.29. The van der Waals surface area contributed by atoms with Gasteiger partial charge in [-0.1, -0.05) is 0 Å². The molecule has 0 aliphatic heterocycles. The lowest BCUT2D eigenvalue weighted by molar-refractivity contribution is -0.137. The van der Waals surface area contributed by atoms with Crippen LogP contribution >= 0.6 is 0 Å². The summed E-state index contributed by atoms with van der Waals surface area (Å²) in [4.78, 5) is 25.9. The Kier molecular flexibility index (Phi) is 5.13. The minimum atomic E-state index is -0.808. The third kappa shape index (κ3) is 5.10. The van der Waals surface area contributed by atoms with Crippen molar-refractivity contribution in [3.8, 4) is 0 Å². The Bertz CT molecular complexity index is 379. The molecule has 0 bridgehead atoms. The zero-order valence-corrected chi connectivity index (χ0v) is 9.72. The molecule has 0 spiro atoms. The highest BCUT2D eigenvalue weighted by molar-refractivity contribution is 5.94. The van der Waals surface area contributed by atoms with E-state index in [1.807, 2.05) is 6.92 Å². The van der Waals surface area contributed by atoms with Crippen molar-refractivity contribution < 1.29 is 14.7 Å². The molecule has 5 heteroatoms. The first-order chi connectivity index (χ1) is 8.09. The van der Waals surface area contributed by atoms with Gasteiger partial charge in [-0.05, 0) is 31.9 Å². The normalized spacial score (nSPS) is 11.8. The Labute approximate surface area is 99.9 Å². The van der Waals surface area contributed by atoms with Crippen LogP contribution in [0.3, 0.4) is 0 Å². The molecule has 0 saturated carbocycles. The Morgan fingerprint density at radius 1 is 1.41 bits per heavy atom. The van der Waals surface area contributed by atoms with Crippen LogP contribution in [0.15, 0.2) is 24.5 Å². The van der Waals surface area contributed by atoms with Crippen LogP contribution in [0.5, 0.6) is 0 Å². The molecule has 0 radical (unpaired) electrons. The Morgan fingerprint density at radius 3 is 2.65 bits per heavy atom. The summed E-state index contributed by atoms with van der Waals surface area (Å²) >= 11 is 0. The molecule has 1 atom stereocenters. The van der Waals surface area contributed by atoms with Crippen LogP contribution in [0.1, 0.15) is 36.5 Å². The fraction of sp³-hybridized carbons (Fsp3) is 0.417. The molecule has 0 aliphatic rings. The topological polar surface area (TPSA) is 79.3 Å². The van der Waals surface area contributed by atoms with E-state index in [1.165, 1.54) is 0 Å². The summed E-state index contributed by atoms with van der Waals surface area (Å²) in [7, 11) is 0. The number of nitrogens with one attached hydrogen (secondary N) is 1. The predicted molar refractivity (Wildman–Crippen MR) is 62.7 cm³/mol. The van der Waals surface area contributed by atoms with Crippen LogP contribution in [0.25, 0.3) is 0 Å². The predicted octanol–water partition coefficient (Wildman–Crippen LogP) is 1.45. The van der Waals surface area contributed by atoms with Crippen molar-refractivity contribution >= 4 is 11.9 Å². The molecular formula is C12H16N2O3. The van der Waals surface area contributed by atoms with Gasteiger partial charge in [-0.2, -0.15) is 0 Å². The zero-order chi connectivity index (χ0) is 12.7. The van der Waals surface area contributed by atoms with Gasteiger partial charge in [-0.3, -0.25) is 14.6 Å². The first-order valence-corrected chi connectivity index (χ1v) is 5.52. The third-order valence-corrected chi connectivity index (χ3v) is 2.35. The Hall–Kier alpha value is -1.91. The van der Waals surface area contributed by atoms with Gasteiger partial charge in [0.2, 0.25) is 0 Å². The standard InChI is InChI=1S/C12H16N2O3/c1-9(3-2-4-11(15)16)14-12(17)10-5-7-13-8-6-10/h5-9H,2-4H2,1H3,(H,14,17)(H,15,16). The average molecular weight is 236 g/mol. The Morgan fingerprint density at radius 2 is 2.06 bits per heavy atom. The number of aliphatic carboxylic acids is 1. The second-order valence-electron chi connectivity index (χ2n) is 3.90. The van der Waals surface area contributed by atoms with Gasteiger partial charge in [0, 0.05) is 30.4 Å². The zero-order valence-electron chi connectivity index (χ0n) is 9.72. The lowest BCUT2D eigenvalue weighted by Crippen LogP contribution is -2.32. The second kappa shape index (κ2) is 6.62. The summed E-state index contributed by atoms with van der Waals surface area (Å²) in [6.45, 7) is 1.86. The van der Waals surface area contributed by atoms with E-state index < -0.39 is 5.97 Å². The number of carboxylic acid groups (broad SMARTS) is 1. The van der Waals surface area contributed by atoms with Crippen LogP contribution in [0.2, 0.25) is 0 Å². The molecule has 0 aliphatic carbocycles. The van der Waals surface area contributed by atoms with E-state index in [0.29, 0.717) is 18.4 Å². The molecule has 2 N–H and O–H groups in total. The van der Waals surface area contributed by atoms with E-state index in [4.69, 9.17) is 5.11 Å². The minimum absolute atomic E-state index is 0.0324. The van der Waals surface area contributed by atoms with Crippen molar-refractivity contribution in [2.45, 2.75) is 32.2 Å². The van der Waals surface area contributed by atoms with Crippen molar-refractivity contribution in [2.24, 2.45) is 0 Å². The van der Waals surface area contributed by atoms with Gasteiger partial charge in [0.15, 0.2) is 0 Å². The van der Waals surface area contributed by atoms with Gasteiger partial charge in [0.1, 0.15) is 0 Å². The molecule has 92 valence electrons. The van der Waals surface area contributed by atoms with Gasteiger partial charge < -0.3 is 10.4 Å². The lowest BCUT2D eigenvalue weighted by Gasteiger charge is -2.13. The third-order valence-electron chi connectivity index (χ3n) is 2.35. The van der Waals surface area contributed by atoms with Gasteiger partial charge in [-0.25, -0.2) is 0 Å². The molecule has 1 aromatic rings. The molecule has 17 heavy (non-hydrogen) atoms. The van der Waals surface area contributed by atoms with Crippen LogP contribution < -0.4 is 5.32 Å². The van der Waals surface area contributed by atoms with Gasteiger partial charge in [-0.15, -0.1) is 0 Å². The molecule has 0 fully saturated rings. The fourth-order valence-electron chi connectivity index (χ4n) is 1.44. The summed E-state index contributed by atoms with van der Waals surface area (Å²) in [5, 5.41) is 11.3. The van der Waals surface area contributed by atoms with Gasteiger partial charge in [0.05, 0.1) is 0 Å². The largest absolute Gasteiger partial charge is 0.481 e. The van der Waals surface area contributed by atoms with E-state index in [2.05, 4.69) is 10.3 Å². The van der Waals surface area contributed by atoms with Crippen molar-refractivity contribution in [3.63, 3.8) is 0 Å². The highest BCUT2D eigenvalue weighted by Crippen LogP contribution is 2.03. The van der Waals surface area contributed by atoms with Crippen LogP contribution in [0.4, 0.5) is 0 Å². The van der Waals surface area contributed by atoms with Crippen LogP contribution in [0, 0.1) is 0 Å². The van der Waals surface area contributed by atoms with E-state index in [0.717, 1.165) is 0 Å². The van der Waals surface area contributed by atoms with Crippen molar-refractivity contribution in [2.75, 3.05) is 0 Å². The molecule has 1 unspecified atom stereocenters. The number of rotatable bonds is 6. The number of hydrogen-bond acceptors (Lipinski definition) is 3. The second-order valence-corrected chi connectivity index (χ2v) is 3.90. The first-order valence-electron chi connectivity index (χ1n) is 5.52. The number of nitrogens with zero attached hydrogens (tertiary/aromatic N) is 1. The number of hydrogen-bond donors (Lipinski definition) is 2. The van der Waals surface area contributed by atoms with Crippen molar-refractivity contribution in [1.82, 2.24) is 10.3 Å². The van der Waals surface area contributed by atoms with Crippen molar-refractivity contribution in [1.29, 1.82) is 0 Å². The highest BCUT2D eigenvalue weighted by Gasteiger charge is 2.09. The number of carbonyl (C=O) groups excluding carboxylic acids is 1. The summed E-state index contributed by atoms with van der Waals surface area (Å²) in [6.07, 6.45) is 4.47. The molecule has 5 nitrogen and oxygen atoms in total. The van der Waals surface area contributed by atoms with E-state index >= 15 is 0 Å². The maximum absolute atomic E-state index is 11.7. The fourth-order valence-corrected chi connectivity index (χ4v) is 1.44. The SMILES string of the molecule is CC(CCCC(=O)O)NC(=O)c1ccncc1. The molecule has 0 aromatic carbocycles. The molecule has 1 rings (SSSR count). The minimum Gasteiger partial charge on any atom is -0.481 e. The number of pyridine rings is 1.